The smallest absolute Gasteiger partial charge is 0.284 e. The van der Waals surface area contributed by atoms with Gasteiger partial charge in [0.1, 0.15) is 5.69 Å². The van der Waals surface area contributed by atoms with Gasteiger partial charge in [-0.25, -0.2) is 18.1 Å². The largest absolute Gasteiger partial charge is 0.454 e. The molecule has 0 unspecified atom stereocenters. The van der Waals surface area contributed by atoms with Gasteiger partial charge in [0.05, 0.1) is 24.4 Å². The predicted octanol–water partition coefficient (Wildman–Crippen LogP) is 3.08. The van der Waals surface area contributed by atoms with Crippen LogP contribution in [-0.2, 0) is 16.6 Å². The number of nitrogens with one attached hydrogen (secondary N) is 1. The standard InChI is InChI=1S/C21H18N4O5S2/c1-13-19(20(26)24-32(2,27)28)23-21(31-13)25(16-6-3-14(10-22)4-7-16)11-15-5-8-17-18(9-15)30-12-29-17/h3-9H,11-12H2,1-2H3,(H,24,26). The highest BCUT2D eigenvalue weighted by Crippen LogP contribution is 2.36. The van der Waals surface area contributed by atoms with Crippen LogP contribution in [0.1, 0.15) is 26.5 Å². The van der Waals surface area contributed by atoms with E-state index in [-0.39, 0.29) is 12.5 Å². The van der Waals surface area contributed by atoms with E-state index in [0.717, 1.165) is 17.5 Å². The monoisotopic (exact) mass is 470 g/mol. The van der Waals surface area contributed by atoms with Crippen molar-refractivity contribution < 1.29 is 22.7 Å². The fraction of sp³-hybridized carbons (Fsp3) is 0.190. The zero-order chi connectivity index (χ0) is 22.9. The molecule has 0 fully saturated rings. The van der Waals surface area contributed by atoms with Crippen LogP contribution in [0.2, 0.25) is 0 Å². The molecule has 0 saturated heterocycles. The third-order valence-corrected chi connectivity index (χ3v) is 6.15. The van der Waals surface area contributed by atoms with E-state index in [0.29, 0.717) is 33.6 Å². The molecule has 3 aromatic rings. The lowest BCUT2D eigenvalue weighted by Crippen LogP contribution is -2.30. The van der Waals surface area contributed by atoms with Crippen LogP contribution in [0.25, 0.3) is 0 Å². The minimum atomic E-state index is -3.72. The van der Waals surface area contributed by atoms with Gasteiger partial charge in [-0.15, -0.1) is 11.3 Å². The molecule has 0 radical (unpaired) electrons. The van der Waals surface area contributed by atoms with Crippen LogP contribution < -0.4 is 19.1 Å². The van der Waals surface area contributed by atoms with E-state index in [9.17, 15) is 13.2 Å². The molecule has 1 N–H and O–H groups in total. The first-order chi connectivity index (χ1) is 15.2. The summed E-state index contributed by atoms with van der Waals surface area (Å²) in [6.45, 7) is 2.27. The molecule has 9 nitrogen and oxygen atoms in total. The molecule has 1 aliphatic heterocycles. The number of carbonyl (C=O) groups excluding carboxylic acids is 1. The first-order valence-corrected chi connectivity index (χ1v) is 12.1. The van der Waals surface area contributed by atoms with Crippen LogP contribution in [0.4, 0.5) is 10.8 Å². The molecule has 1 amide bonds. The number of aryl methyl sites for hydroxylation is 1. The number of benzene rings is 2. The number of sulfonamides is 1. The van der Waals surface area contributed by atoms with Crippen molar-refractivity contribution in [2.75, 3.05) is 17.9 Å². The van der Waals surface area contributed by atoms with Crippen molar-refractivity contribution >= 4 is 38.1 Å². The number of amides is 1. The maximum absolute atomic E-state index is 12.4. The van der Waals surface area contributed by atoms with Crippen LogP contribution in [0.15, 0.2) is 42.5 Å². The van der Waals surface area contributed by atoms with Gasteiger partial charge in [0, 0.05) is 10.6 Å². The molecule has 1 aromatic heterocycles. The Morgan fingerprint density at radius 1 is 1.22 bits per heavy atom. The number of nitriles is 1. The highest BCUT2D eigenvalue weighted by Gasteiger charge is 2.23. The molecular formula is C21H18N4O5S2. The van der Waals surface area contributed by atoms with Gasteiger partial charge in [-0.2, -0.15) is 5.26 Å². The average Bonchev–Trinajstić information content (AvgIpc) is 3.37. The third kappa shape index (κ3) is 4.66. The molecule has 0 bridgehead atoms. The fourth-order valence-electron chi connectivity index (χ4n) is 3.13. The highest BCUT2D eigenvalue weighted by atomic mass is 32.2. The number of rotatable bonds is 6. The first kappa shape index (κ1) is 21.6. The van der Waals surface area contributed by atoms with Crippen molar-refractivity contribution in [1.82, 2.24) is 9.71 Å². The first-order valence-electron chi connectivity index (χ1n) is 9.39. The van der Waals surface area contributed by atoms with E-state index in [1.807, 2.05) is 27.8 Å². The number of anilines is 2. The summed E-state index contributed by atoms with van der Waals surface area (Å²) < 4.78 is 35.7. The number of hydrogen-bond acceptors (Lipinski definition) is 9. The Balaban J connectivity index is 1.71. The lowest BCUT2D eigenvalue weighted by atomic mass is 10.1. The Bertz CT molecular complexity index is 1330. The Morgan fingerprint density at radius 2 is 1.94 bits per heavy atom. The molecule has 0 aliphatic carbocycles. The summed E-state index contributed by atoms with van der Waals surface area (Å²) in [5, 5.41) is 9.61. The second-order valence-electron chi connectivity index (χ2n) is 7.04. The summed E-state index contributed by atoms with van der Waals surface area (Å²) >= 11 is 1.26. The lowest BCUT2D eigenvalue weighted by Gasteiger charge is -2.22. The van der Waals surface area contributed by atoms with Gasteiger partial charge in [-0.05, 0) is 48.9 Å². The van der Waals surface area contributed by atoms with Crippen LogP contribution in [-0.4, -0.2) is 32.4 Å². The molecule has 0 saturated carbocycles. The topological polar surface area (TPSA) is 122 Å². The van der Waals surface area contributed by atoms with Gasteiger partial charge < -0.3 is 14.4 Å². The lowest BCUT2D eigenvalue weighted by molar-refractivity contribution is 0.0977. The molecule has 164 valence electrons. The van der Waals surface area contributed by atoms with Crippen molar-refractivity contribution in [1.29, 1.82) is 5.26 Å². The molecule has 0 spiro atoms. The van der Waals surface area contributed by atoms with Crippen molar-refractivity contribution in [2.24, 2.45) is 0 Å². The number of hydrogen-bond donors (Lipinski definition) is 1. The van der Waals surface area contributed by atoms with E-state index in [1.54, 1.807) is 31.2 Å². The van der Waals surface area contributed by atoms with E-state index >= 15 is 0 Å². The predicted molar refractivity (Wildman–Crippen MR) is 119 cm³/mol. The normalized spacial score (nSPS) is 12.3. The Hall–Kier alpha value is -3.62. The SMILES string of the molecule is Cc1sc(N(Cc2ccc3c(c2)OCO3)c2ccc(C#N)cc2)nc1C(=O)NS(C)(=O)=O. The second-order valence-corrected chi connectivity index (χ2v) is 9.97. The summed E-state index contributed by atoms with van der Waals surface area (Å²) in [6, 6.07) is 14.7. The third-order valence-electron chi connectivity index (χ3n) is 4.60. The zero-order valence-corrected chi connectivity index (χ0v) is 18.8. The van der Waals surface area contributed by atoms with E-state index in [2.05, 4.69) is 11.1 Å². The van der Waals surface area contributed by atoms with E-state index in [1.165, 1.54) is 11.3 Å². The Labute approximate surface area is 188 Å². The minimum Gasteiger partial charge on any atom is -0.454 e. The van der Waals surface area contributed by atoms with Gasteiger partial charge in [0.15, 0.2) is 16.6 Å². The van der Waals surface area contributed by atoms with Gasteiger partial charge in [0.25, 0.3) is 5.91 Å². The quantitative estimate of drug-likeness (QED) is 0.583. The molecular weight excluding hydrogens is 452 g/mol. The zero-order valence-electron chi connectivity index (χ0n) is 17.2. The van der Waals surface area contributed by atoms with Crippen molar-refractivity contribution in [2.45, 2.75) is 13.5 Å². The van der Waals surface area contributed by atoms with E-state index in [4.69, 9.17) is 14.7 Å². The van der Waals surface area contributed by atoms with Crippen LogP contribution in [0.5, 0.6) is 11.5 Å². The number of nitrogens with zero attached hydrogens (tertiary/aromatic N) is 3. The Morgan fingerprint density at radius 3 is 2.62 bits per heavy atom. The minimum absolute atomic E-state index is 0.0414. The summed E-state index contributed by atoms with van der Waals surface area (Å²) in [5.74, 6) is 0.532. The molecule has 2 heterocycles. The summed E-state index contributed by atoms with van der Waals surface area (Å²) in [6.07, 6.45) is 0.913. The number of carbonyl (C=O) groups is 1. The molecule has 4 rings (SSSR count). The van der Waals surface area contributed by atoms with Crippen molar-refractivity contribution in [3.8, 4) is 17.6 Å². The van der Waals surface area contributed by atoms with Gasteiger partial charge in [-0.1, -0.05) is 6.07 Å². The number of aromatic nitrogens is 1. The number of thiazole rings is 1. The number of ether oxygens (including phenoxy) is 2. The summed E-state index contributed by atoms with van der Waals surface area (Å²) in [7, 11) is -3.72. The van der Waals surface area contributed by atoms with Crippen LogP contribution in [0.3, 0.4) is 0 Å². The van der Waals surface area contributed by atoms with Crippen LogP contribution >= 0.6 is 11.3 Å². The molecule has 0 atom stereocenters. The summed E-state index contributed by atoms with van der Waals surface area (Å²) in [5.41, 5.74) is 2.22. The van der Waals surface area contributed by atoms with Crippen LogP contribution in [0, 0.1) is 18.3 Å². The highest BCUT2D eigenvalue weighted by molar-refractivity contribution is 7.89. The summed E-state index contributed by atoms with van der Waals surface area (Å²) in [4.78, 5) is 19.3. The second kappa shape index (κ2) is 8.49. The molecule has 11 heteroatoms. The van der Waals surface area contributed by atoms with Gasteiger partial charge in [-0.3, -0.25) is 4.79 Å². The van der Waals surface area contributed by atoms with Gasteiger partial charge in [0.2, 0.25) is 16.8 Å². The van der Waals surface area contributed by atoms with E-state index < -0.39 is 15.9 Å². The van der Waals surface area contributed by atoms with Crippen molar-refractivity contribution in [3.05, 3.63) is 64.2 Å². The van der Waals surface area contributed by atoms with Crippen molar-refractivity contribution in [3.63, 3.8) is 0 Å². The molecule has 2 aromatic carbocycles. The Kier molecular flexibility index (Phi) is 5.73. The molecule has 32 heavy (non-hydrogen) atoms. The fourth-order valence-corrected chi connectivity index (χ4v) is 4.49. The maximum Gasteiger partial charge on any atom is 0.284 e. The average molecular weight is 471 g/mol. The van der Waals surface area contributed by atoms with Gasteiger partial charge >= 0.3 is 0 Å². The molecule has 1 aliphatic rings. The number of fused-ring (bicyclic) bond motifs is 1. The maximum atomic E-state index is 12.4.